The number of carbonyl (C=O) groups excluding carboxylic acids is 1. The number of nitrogens with zero attached hydrogens (tertiary/aromatic N) is 1. The standard InChI is InChI=1S/C18H26N4O3/c23-18(20-17-9-16(25-21-17)15-7-4-8-24-15)14-10-19-22(12-14)11-13-5-2-1-3-6-13/h1-3,5-6,14-17,19,21H,4,7-12H2,(H,20,23). The van der Waals surface area contributed by atoms with Crippen LogP contribution in [0.4, 0.5) is 0 Å². The van der Waals surface area contributed by atoms with Gasteiger partial charge in [-0.15, -0.1) is 0 Å². The van der Waals surface area contributed by atoms with Crippen LogP contribution in [0.1, 0.15) is 24.8 Å². The summed E-state index contributed by atoms with van der Waals surface area (Å²) >= 11 is 0. The van der Waals surface area contributed by atoms with E-state index in [2.05, 4.69) is 33.4 Å². The number of carbonyl (C=O) groups is 1. The summed E-state index contributed by atoms with van der Waals surface area (Å²) in [6.07, 6.45) is 2.93. The van der Waals surface area contributed by atoms with E-state index in [1.165, 1.54) is 5.56 Å². The summed E-state index contributed by atoms with van der Waals surface area (Å²) in [6.45, 7) is 2.99. The maximum absolute atomic E-state index is 12.5. The van der Waals surface area contributed by atoms with Crippen molar-refractivity contribution < 1.29 is 14.4 Å². The van der Waals surface area contributed by atoms with Crippen molar-refractivity contribution in [2.45, 2.75) is 44.2 Å². The molecule has 7 nitrogen and oxygen atoms in total. The Bertz CT molecular complexity index is 579. The van der Waals surface area contributed by atoms with Gasteiger partial charge in [0.1, 0.15) is 12.3 Å². The average Bonchev–Trinajstić information content (AvgIpc) is 3.37. The Hall–Kier alpha value is -1.51. The zero-order valence-corrected chi connectivity index (χ0v) is 14.3. The average molecular weight is 346 g/mol. The SMILES string of the molecule is O=C(NC1CC(C2CCCO2)ON1)C1CNN(Cc2ccccc2)C1. The third kappa shape index (κ3) is 4.19. The molecule has 7 heteroatoms. The zero-order chi connectivity index (χ0) is 17.1. The molecule has 0 bridgehead atoms. The van der Waals surface area contributed by atoms with Crippen molar-refractivity contribution in [3.8, 4) is 0 Å². The number of hydrogen-bond acceptors (Lipinski definition) is 6. The Labute approximate surface area is 148 Å². The molecule has 1 amide bonds. The maximum Gasteiger partial charge on any atom is 0.227 e. The van der Waals surface area contributed by atoms with Gasteiger partial charge in [-0.05, 0) is 18.4 Å². The lowest BCUT2D eigenvalue weighted by molar-refractivity contribution is -0.125. The second kappa shape index (κ2) is 7.80. The number of ether oxygens (including phenoxy) is 1. The van der Waals surface area contributed by atoms with Crippen LogP contribution in [0.15, 0.2) is 30.3 Å². The normalized spacial score (nSPS) is 33.0. The summed E-state index contributed by atoms with van der Waals surface area (Å²) in [5.74, 6) is 0.0180. The highest BCUT2D eigenvalue weighted by atomic mass is 16.7. The first-order chi connectivity index (χ1) is 12.3. The molecular weight excluding hydrogens is 320 g/mol. The molecule has 3 aliphatic heterocycles. The molecule has 3 N–H and O–H groups in total. The fraction of sp³-hybridized carbons (Fsp3) is 0.611. The van der Waals surface area contributed by atoms with Crippen LogP contribution in [0.25, 0.3) is 0 Å². The number of hydrazine groups is 1. The van der Waals surface area contributed by atoms with Crippen molar-refractivity contribution in [1.82, 2.24) is 21.2 Å². The molecule has 25 heavy (non-hydrogen) atoms. The summed E-state index contributed by atoms with van der Waals surface area (Å²) in [5.41, 5.74) is 7.50. The van der Waals surface area contributed by atoms with E-state index in [9.17, 15) is 4.79 Å². The largest absolute Gasteiger partial charge is 0.375 e. The van der Waals surface area contributed by atoms with Crippen molar-refractivity contribution >= 4 is 5.91 Å². The first-order valence-corrected chi connectivity index (χ1v) is 9.13. The second-order valence-corrected chi connectivity index (χ2v) is 7.05. The molecule has 3 heterocycles. The molecule has 4 unspecified atom stereocenters. The van der Waals surface area contributed by atoms with Crippen LogP contribution < -0.4 is 16.2 Å². The Kier molecular flexibility index (Phi) is 5.28. The molecule has 0 saturated carbocycles. The summed E-state index contributed by atoms with van der Waals surface area (Å²) in [5, 5.41) is 5.17. The monoisotopic (exact) mass is 346 g/mol. The molecule has 0 radical (unpaired) electrons. The molecular formula is C18H26N4O3. The summed E-state index contributed by atoms with van der Waals surface area (Å²) < 4.78 is 5.67. The van der Waals surface area contributed by atoms with Gasteiger partial charge >= 0.3 is 0 Å². The summed E-state index contributed by atoms with van der Waals surface area (Å²) in [7, 11) is 0. The minimum absolute atomic E-state index is 0.0316. The summed E-state index contributed by atoms with van der Waals surface area (Å²) in [4.78, 5) is 18.1. The lowest BCUT2D eigenvalue weighted by Crippen LogP contribution is -2.45. The number of hydroxylamine groups is 1. The third-order valence-electron chi connectivity index (χ3n) is 5.11. The van der Waals surface area contributed by atoms with Crippen molar-refractivity contribution in [2.75, 3.05) is 19.7 Å². The highest BCUT2D eigenvalue weighted by molar-refractivity contribution is 5.79. The van der Waals surface area contributed by atoms with Crippen molar-refractivity contribution in [3.05, 3.63) is 35.9 Å². The zero-order valence-electron chi connectivity index (χ0n) is 14.3. The van der Waals surface area contributed by atoms with Crippen LogP contribution in [0.3, 0.4) is 0 Å². The van der Waals surface area contributed by atoms with Gasteiger partial charge in [0.2, 0.25) is 5.91 Å². The van der Waals surface area contributed by atoms with Gasteiger partial charge in [-0.25, -0.2) is 5.01 Å². The van der Waals surface area contributed by atoms with Gasteiger partial charge in [0, 0.05) is 32.7 Å². The Balaban J connectivity index is 1.22. The molecule has 1 aromatic rings. The molecule has 0 aromatic heterocycles. The van der Waals surface area contributed by atoms with Gasteiger partial charge < -0.3 is 10.1 Å². The van der Waals surface area contributed by atoms with Gasteiger partial charge in [-0.2, -0.15) is 5.48 Å². The quantitative estimate of drug-likeness (QED) is 0.723. The smallest absolute Gasteiger partial charge is 0.227 e. The van der Waals surface area contributed by atoms with Crippen LogP contribution >= 0.6 is 0 Å². The van der Waals surface area contributed by atoms with E-state index in [4.69, 9.17) is 9.57 Å². The number of rotatable bonds is 5. The van der Waals surface area contributed by atoms with Gasteiger partial charge in [-0.3, -0.25) is 15.1 Å². The number of nitrogens with one attached hydrogen (secondary N) is 3. The minimum Gasteiger partial charge on any atom is -0.375 e. The number of hydrogen-bond donors (Lipinski definition) is 3. The van der Waals surface area contributed by atoms with Gasteiger partial charge in [0.25, 0.3) is 0 Å². The Morgan fingerprint density at radius 2 is 2.16 bits per heavy atom. The van der Waals surface area contributed by atoms with E-state index in [0.29, 0.717) is 13.1 Å². The first kappa shape index (κ1) is 16.9. The minimum atomic E-state index is -0.134. The van der Waals surface area contributed by atoms with Crippen LogP contribution in [0.5, 0.6) is 0 Å². The van der Waals surface area contributed by atoms with E-state index in [1.807, 2.05) is 18.2 Å². The van der Waals surface area contributed by atoms with E-state index in [-0.39, 0.29) is 30.2 Å². The van der Waals surface area contributed by atoms with Crippen LogP contribution in [0.2, 0.25) is 0 Å². The van der Waals surface area contributed by atoms with Crippen molar-refractivity contribution in [2.24, 2.45) is 5.92 Å². The van der Waals surface area contributed by atoms with E-state index in [1.54, 1.807) is 0 Å². The predicted molar refractivity (Wildman–Crippen MR) is 91.9 cm³/mol. The Morgan fingerprint density at radius 3 is 2.96 bits per heavy atom. The Morgan fingerprint density at radius 1 is 1.28 bits per heavy atom. The highest BCUT2D eigenvalue weighted by Gasteiger charge is 2.36. The van der Waals surface area contributed by atoms with E-state index >= 15 is 0 Å². The van der Waals surface area contributed by atoms with Gasteiger partial charge in [0.15, 0.2) is 0 Å². The second-order valence-electron chi connectivity index (χ2n) is 7.05. The molecule has 0 spiro atoms. The molecule has 0 aliphatic carbocycles. The van der Waals surface area contributed by atoms with E-state index in [0.717, 1.165) is 32.4 Å². The topological polar surface area (TPSA) is 74.9 Å². The number of amides is 1. The fourth-order valence-corrected chi connectivity index (χ4v) is 3.73. The van der Waals surface area contributed by atoms with Gasteiger partial charge in [0.05, 0.1) is 12.0 Å². The molecule has 4 atom stereocenters. The van der Waals surface area contributed by atoms with Crippen LogP contribution in [-0.4, -0.2) is 49.0 Å². The van der Waals surface area contributed by atoms with Crippen molar-refractivity contribution in [1.29, 1.82) is 0 Å². The highest BCUT2D eigenvalue weighted by Crippen LogP contribution is 2.23. The maximum atomic E-state index is 12.5. The number of benzene rings is 1. The van der Waals surface area contributed by atoms with Crippen molar-refractivity contribution in [3.63, 3.8) is 0 Å². The lowest BCUT2D eigenvalue weighted by atomic mass is 10.1. The molecule has 4 rings (SSSR count). The lowest BCUT2D eigenvalue weighted by Gasteiger charge is -2.17. The van der Waals surface area contributed by atoms with Crippen LogP contribution in [0, 0.1) is 5.92 Å². The van der Waals surface area contributed by atoms with E-state index < -0.39 is 0 Å². The fourth-order valence-electron chi connectivity index (χ4n) is 3.73. The molecule has 136 valence electrons. The summed E-state index contributed by atoms with van der Waals surface area (Å²) in [6, 6.07) is 10.3. The molecule has 3 aliphatic rings. The molecule has 3 fully saturated rings. The predicted octanol–water partition coefficient (Wildman–Crippen LogP) is 0.538. The first-order valence-electron chi connectivity index (χ1n) is 9.13. The van der Waals surface area contributed by atoms with Gasteiger partial charge in [-0.1, -0.05) is 30.3 Å². The molecule has 3 saturated heterocycles. The third-order valence-corrected chi connectivity index (χ3v) is 5.11. The molecule has 1 aromatic carbocycles. The van der Waals surface area contributed by atoms with Crippen LogP contribution in [-0.2, 0) is 20.9 Å².